The van der Waals surface area contributed by atoms with E-state index in [9.17, 15) is 19.5 Å². The minimum absolute atomic E-state index is 0. The first-order valence-corrected chi connectivity index (χ1v) is 10.9. The predicted octanol–water partition coefficient (Wildman–Crippen LogP) is 1.30. The van der Waals surface area contributed by atoms with Gasteiger partial charge in [0, 0.05) is 5.69 Å². The minimum atomic E-state index is -1.43. The molecule has 0 heterocycles. The molecule has 170 valence electrons. The van der Waals surface area contributed by atoms with E-state index in [0.717, 1.165) is 0 Å². The Morgan fingerprint density at radius 3 is 1.88 bits per heavy atom. The zero-order valence-corrected chi connectivity index (χ0v) is 22.6. The van der Waals surface area contributed by atoms with Crippen LogP contribution in [0, 0.1) is 6.92 Å². The van der Waals surface area contributed by atoms with E-state index in [1.807, 2.05) is 0 Å². The molecular formula is C24H18Cl3N2NaO4. The van der Waals surface area contributed by atoms with Gasteiger partial charge in [-0.3, -0.25) is 9.59 Å². The van der Waals surface area contributed by atoms with Crippen molar-refractivity contribution in [2.24, 2.45) is 0 Å². The zero-order valence-electron chi connectivity index (χ0n) is 18.3. The molecule has 0 aliphatic rings. The maximum absolute atomic E-state index is 12.6. The van der Waals surface area contributed by atoms with Crippen molar-refractivity contribution >= 4 is 58.3 Å². The number of halogens is 3. The number of carbonyl (C=O) groups excluding carboxylic acids is 3. The molecule has 0 aliphatic carbocycles. The van der Waals surface area contributed by atoms with Crippen molar-refractivity contribution in [1.82, 2.24) is 5.32 Å². The van der Waals surface area contributed by atoms with Crippen LogP contribution in [-0.2, 0) is 11.2 Å². The summed E-state index contributed by atoms with van der Waals surface area (Å²) in [6, 6.07) is 14.9. The summed E-state index contributed by atoms with van der Waals surface area (Å²) >= 11 is 18.2. The standard InChI is InChI=1S/C24H19Cl3N2O4.Na/c1-13-4-2-5-16(25)20(13)22(30)29-19(24(32)33)12-14-8-10-15(11-9-14)28-23(31)21-17(26)6-3-7-18(21)27;/h2-11,19H,12H2,1H3,(H,28,31)(H,29,30)(H,32,33);/q;+1/p-1. The van der Waals surface area contributed by atoms with E-state index in [-0.39, 0.29) is 62.2 Å². The number of amides is 2. The van der Waals surface area contributed by atoms with Gasteiger partial charge < -0.3 is 20.5 Å². The molecule has 1 atom stereocenters. The number of carbonyl (C=O) groups is 3. The van der Waals surface area contributed by atoms with Crippen LogP contribution in [0.3, 0.4) is 0 Å². The van der Waals surface area contributed by atoms with Crippen LogP contribution in [0.5, 0.6) is 0 Å². The molecule has 1 unspecified atom stereocenters. The largest absolute Gasteiger partial charge is 1.00 e. The number of carboxylic acid groups (broad SMARTS) is 1. The first-order valence-electron chi connectivity index (χ1n) is 9.78. The van der Waals surface area contributed by atoms with Gasteiger partial charge in [-0.2, -0.15) is 0 Å². The summed E-state index contributed by atoms with van der Waals surface area (Å²) < 4.78 is 0. The fourth-order valence-electron chi connectivity index (χ4n) is 3.21. The number of hydrogen-bond donors (Lipinski definition) is 2. The van der Waals surface area contributed by atoms with E-state index < -0.39 is 23.8 Å². The number of anilines is 1. The van der Waals surface area contributed by atoms with Crippen molar-refractivity contribution in [3.05, 3.63) is 98.0 Å². The van der Waals surface area contributed by atoms with E-state index in [1.165, 1.54) is 0 Å². The zero-order chi connectivity index (χ0) is 24.1. The maximum atomic E-state index is 12.6. The van der Waals surface area contributed by atoms with Crippen molar-refractivity contribution in [2.45, 2.75) is 19.4 Å². The van der Waals surface area contributed by atoms with Gasteiger partial charge in [-0.25, -0.2) is 0 Å². The summed E-state index contributed by atoms with van der Waals surface area (Å²) in [6.07, 6.45) is -0.0257. The summed E-state index contributed by atoms with van der Waals surface area (Å²) in [5, 5.41) is 17.4. The second-order valence-corrected chi connectivity index (χ2v) is 8.45. The smallest absolute Gasteiger partial charge is 0.548 e. The molecule has 0 saturated heterocycles. The molecule has 0 saturated carbocycles. The summed E-state index contributed by atoms with van der Waals surface area (Å²) in [5.41, 5.74) is 2.05. The van der Waals surface area contributed by atoms with Crippen molar-refractivity contribution < 1.29 is 49.0 Å². The van der Waals surface area contributed by atoms with Crippen molar-refractivity contribution in [3.8, 4) is 0 Å². The van der Waals surface area contributed by atoms with E-state index >= 15 is 0 Å². The Labute approximate surface area is 233 Å². The van der Waals surface area contributed by atoms with E-state index in [4.69, 9.17) is 34.8 Å². The number of hydrogen-bond acceptors (Lipinski definition) is 4. The summed E-state index contributed by atoms with van der Waals surface area (Å²) in [4.78, 5) is 36.7. The van der Waals surface area contributed by atoms with Gasteiger partial charge >= 0.3 is 29.6 Å². The van der Waals surface area contributed by atoms with Crippen LogP contribution in [-0.4, -0.2) is 23.8 Å². The molecule has 3 aromatic carbocycles. The fourth-order valence-corrected chi connectivity index (χ4v) is 4.09. The first kappa shape index (κ1) is 28.2. The van der Waals surface area contributed by atoms with Crippen LogP contribution < -0.4 is 45.3 Å². The number of benzene rings is 3. The molecule has 0 aliphatic heterocycles. The number of carboxylic acids is 1. The molecule has 34 heavy (non-hydrogen) atoms. The van der Waals surface area contributed by atoms with Gasteiger partial charge in [-0.1, -0.05) is 65.1 Å². The molecule has 3 aromatic rings. The van der Waals surface area contributed by atoms with Gasteiger partial charge in [0.15, 0.2) is 0 Å². The molecule has 10 heteroatoms. The Hall–Kier alpha value is -2.06. The topological polar surface area (TPSA) is 98.3 Å². The average Bonchev–Trinajstić information content (AvgIpc) is 2.74. The van der Waals surface area contributed by atoms with Crippen LogP contribution in [0.4, 0.5) is 5.69 Å². The fraction of sp³-hybridized carbons (Fsp3) is 0.125. The van der Waals surface area contributed by atoms with Gasteiger partial charge in [-0.05, 0) is 54.8 Å². The molecule has 0 fully saturated rings. The van der Waals surface area contributed by atoms with Crippen molar-refractivity contribution in [3.63, 3.8) is 0 Å². The van der Waals surface area contributed by atoms with Crippen LogP contribution in [0.2, 0.25) is 15.1 Å². The predicted molar refractivity (Wildman–Crippen MR) is 127 cm³/mol. The monoisotopic (exact) mass is 526 g/mol. The quantitative estimate of drug-likeness (QED) is 0.453. The molecule has 2 N–H and O–H groups in total. The molecule has 0 aromatic heterocycles. The summed E-state index contributed by atoms with van der Waals surface area (Å²) in [5.74, 6) is -2.51. The molecule has 6 nitrogen and oxygen atoms in total. The molecular weight excluding hydrogens is 510 g/mol. The van der Waals surface area contributed by atoms with Crippen LogP contribution in [0.15, 0.2) is 60.7 Å². The average molecular weight is 528 g/mol. The van der Waals surface area contributed by atoms with Crippen LogP contribution >= 0.6 is 34.8 Å². The second kappa shape index (κ2) is 12.6. The molecule has 0 bridgehead atoms. The Balaban J connectivity index is 0.00000408. The Morgan fingerprint density at radius 2 is 1.35 bits per heavy atom. The van der Waals surface area contributed by atoms with Crippen molar-refractivity contribution in [1.29, 1.82) is 0 Å². The van der Waals surface area contributed by atoms with Crippen molar-refractivity contribution in [2.75, 3.05) is 5.32 Å². The second-order valence-electron chi connectivity index (χ2n) is 7.23. The number of aliphatic carboxylic acids is 1. The van der Waals surface area contributed by atoms with Gasteiger partial charge in [0.2, 0.25) is 0 Å². The summed E-state index contributed by atoms with van der Waals surface area (Å²) in [7, 11) is 0. The van der Waals surface area contributed by atoms with Gasteiger partial charge in [0.25, 0.3) is 11.8 Å². The third kappa shape index (κ3) is 6.98. The number of nitrogens with one attached hydrogen (secondary N) is 2. The molecule has 0 spiro atoms. The van der Waals surface area contributed by atoms with Crippen LogP contribution in [0.25, 0.3) is 0 Å². The Morgan fingerprint density at radius 1 is 0.824 bits per heavy atom. The van der Waals surface area contributed by atoms with Crippen LogP contribution in [0.1, 0.15) is 31.8 Å². The third-order valence-electron chi connectivity index (χ3n) is 4.88. The maximum Gasteiger partial charge on any atom is 1.00 e. The third-order valence-corrected chi connectivity index (χ3v) is 5.83. The molecule has 3 rings (SSSR count). The normalized spacial score (nSPS) is 11.2. The van der Waals surface area contributed by atoms with E-state index in [1.54, 1.807) is 67.6 Å². The Kier molecular flexibility index (Phi) is 10.4. The number of aryl methyl sites for hydroxylation is 1. The SMILES string of the molecule is Cc1cccc(Cl)c1C(=O)NC(Cc1ccc(NC(=O)c2c(Cl)cccc2Cl)cc1)C(=O)[O-].[Na+]. The first-order chi connectivity index (χ1) is 15.7. The Bertz CT molecular complexity index is 1180. The van der Waals surface area contributed by atoms with E-state index in [2.05, 4.69) is 10.6 Å². The molecule has 0 radical (unpaired) electrons. The van der Waals surface area contributed by atoms with Gasteiger partial charge in [0.05, 0.1) is 38.2 Å². The molecule has 2 amide bonds. The summed E-state index contributed by atoms with van der Waals surface area (Å²) in [6.45, 7) is 1.71. The van der Waals surface area contributed by atoms with E-state index in [0.29, 0.717) is 16.8 Å². The minimum Gasteiger partial charge on any atom is -0.548 e. The van der Waals surface area contributed by atoms with Gasteiger partial charge in [-0.15, -0.1) is 0 Å². The van der Waals surface area contributed by atoms with Gasteiger partial charge in [0.1, 0.15) is 0 Å². The number of rotatable bonds is 7.